The van der Waals surface area contributed by atoms with Crippen LogP contribution in [-0.2, 0) is 25.6 Å². The van der Waals surface area contributed by atoms with Crippen LogP contribution in [0.4, 0.5) is 0 Å². The van der Waals surface area contributed by atoms with Crippen molar-refractivity contribution in [2.75, 3.05) is 13.1 Å². The summed E-state index contributed by atoms with van der Waals surface area (Å²) in [6, 6.07) is 2.85. The summed E-state index contributed by atoms with van der Waals surface area (Å²) >= 11 is 0. The van der Waals surface area contributed by atoms with Crippen molar-refractivity contribution in [2.45, 2.75) is 50.4 Å². The molecular weight excluding hydrogens is 408 g/mol. The quantitative estimate of drug-likeness (QED) is 0.265. The average Bonchev–Trinajstić information content (AvgIpc) is 3.21. The number of hydrogen-bond donors (Lipinski definition) is 6. The zero-order chi connectivity index (χ0) is 23.1. The van der Waals surface area contributed by atoms with Crippen LogP contribution < -0.4 is 16.4 Å². The Morgan fingerprint density at radius 3 is 2.42 bits per heavy atom. The van der Waals surface area contributed by atoms with Gasteiger partial charge in [-0.25, -0.2) is 4.79 Å². The number of hydrogen-bond acceptors (Lipinski definition) is 7. The van der Waals surface area contributed by atoms with Crippen LogP contribution in [0.25, 0.3) is 0 Å². The molecule has 0 bridgehead atoms. The molecule has 1 aromatic carbocycles. The SMILES string of the molecule is CC(O)C(NC(=O)C(N)Cc1ccc(O)cc1)C(=O)NCC(=O)N1CCCC1C(=O)O. The molecule has 3 amide bonds. The number of aliphatic carboxylic acids is 1. The van der Waals surface area contributed by atoms with Crippen molar-refractivity contribution in [3.63, 3.8) is 0 Å². The van der Waals surface area contributed by atoms with Crippen molar-refractivity contribution in [3.8, 4) is 5.75 Å². The second-order valence-electron chi connectivity index (χ2n) is 7.51. The van der Waals surface area contributed by atoms with Gasteiger partial charge in [0.15, 0.2) is 0 Å². The first kappa shape index (κ1) is 24.1. The molecule has 11 nitrogen and oxygen atoms in total. The molecule has 4 atom stereocenters. The molecule has 0 aliphatic carbocycles. The zero-order valence-electron chi connectivity index (χ0n) is 17.2. The maximum Gasteiger partial charge on any atom is 0.326 e. The molecule has 1 aliphatic rings. The molecule has 0 radical (unpaired) electrons. The molecule has 1 aliphatic heterocycles. The van der Waals surface area contributed by atoms with Crippen LogP contribution in [0.2, 0.25) is 0 Å². The number of carbonyl (C=O) groups is 4. The summed E-state index contributed by atoms with van der Waals surface area (Å²) in [4.78, 5) is 49.5. The molecule has 31 heavy (non-hydrogen) atoms. The largest absolute Gasteiger partial charge is 0.508 e. The molecule has 0 aromatic heterocycles. The van der Waals surface area contributed by atoms with Crippen molar-refractivity contribution in [3.05, 3.63) is 29.8 Å². The van der Waals surface area contributed by atoms with E-state index in [-0.39, 0.29) is 18.7 Å². The Bertz CT molecular complexity index is 812. The lowest BCUT2D eigenvalue weighted by Gasteiger charge is -2.24. The standard InChI is InChI=1S/C20H28N4O7/c1-11(25)17(23-18(28)14(21)9-12-4-6-13(26)7-5-12)19(29)22-10-16(27)24-8-2-3-15(24)20(30)31/h4-7,11,14-15,17,25-26H,2-3,8-10,21H2,1H3,(H,22,29)(H,23,28)(H,30,31). The van der Waals surface area contributed by atoms with Gasteiger partial charge in [0.25, 0.3) is 0 Å². The number of likely N-dealkylation sites (tertiary alicyclic amines) is 1. The second kappa shape index (κ2) is 10.7. The number of rotatable bonds is 9. The van der Waals surface area contributed by atoms with Gasteiger partial charge in [-0.3, -0.25) is 14.4 Å². The predicted molar refractivity (Wildman–Crippen MR) is 109 cm³/mol. The molecule has 1 fully saturated rings. The Hall–Kier alpha value is -3.18. The van der Waals surface area contributed by atoms with Crippen molar-refractivity contribution in [1.82, 2.24) is 15.5 Å². The number of amides is 3. The summed E-state index contributed by atoms with van der Waals surface area (Å²) in [5.41, 5.74) is 6.58. The summed E-state index contributed by atoms with van der Waals surface area (Å²) in [5, 5.41) is 33.1. The maximum absolute atomic E-state index is 12.4. The summed E-state index contributed by atoms with van der Waals surface area (Å²) in [6.45, 7) is 1.13. The Morgan fingerprint density at radius 1 is 1.19 bits per heavy atom. The first-order valence-electron chi connectivity index (χ1n) is 9.92. The lowest BCUT2D eigenvalue weighted by molar-refractivity contribution is -0.148. The number of carboxylic acid groups (broad SMARTS) is 1. The number of carbonyl (C=O) groups excluding carboxylic acids is 3. The number of carboxylic acids is 1. The number of benzene rings is 1. The monoisotopic (exact) mass is 436 g/mol. The van der Waals surface area contributed by atoms with Crippen LogP contribution >= 0.6 is 0 Å². The van der Waals surface area contributed by atoms with E-state index in [1.54, 1.807) is 12.1 Å². The van der Waals surface area contributed by atoms with Crippen molar-refractivity contribution >= 4 is 23.7 Å². The van der Waals surface area contributed by atoms with Gasteiger partial charge in [0.1, 0.15) is 17.8 Å². The van der Waals surface area contributed by atoms with E-state index in [0.29, 0.717) is 18.4 Å². The van der Waals surface area contributed by atoms with Crippen LogP contribution in [0.15, 0.2) is 24.3 Å². The number of aromatic hydroxyl groups is 1. The van der Waals surface area contributed by atoms with Crippen molar-refractivity contribution in [1.29, 1.82) is 0 Å². The molecule has 0 spiro atoms. The Balaban J connectivity index is 1.90. The first-order chi connectivity index (χ1) is 14.6. The van der Waals surface area contributed by atoms with Gasteiger partial charge in [-0.15, -0.1) is 0 Å². The number of nitrogens with zero attached hydrogens (tertiary/aromatic N) is 1. The van der Waals surface area contributed by atoms with E-state index in [2.05, 4.69) is 10.6 Å². The third kappa shape index (κ3) is 6.66. The Kier molecular flexibility index (Phi) is 8.34. The van der Waals surface area contributed by atoms with E-state index >= 15 is 0 Å². The molecule has 170 valence electrons. The highest BCUT2D eigenvalue weighted by Crippen LogP contribution is 2.17. The zero-order valence-corrected chi connectivity index (χ0v) is 17.2. The fraction of sp³-hybridized carbons (Fsp3) is 0.500. The van der Waals surface area contributed by atoms with Gasteiger partial charge in [-0.05, 0) is 43.9 Å². The topological polar surface area (TPSA) is 182 Å². The second-order valence-corrected chi connectivity index (χ2v) is 7.51. The van der Waals surface area contributed by atoms with Gasteiger partial charge in [-0.2, -0.15) is 0 Å². The molecule has 7 N–H and O–H groups in total. The molecule has 1 saturated heterocycles. The highest BCUT2D eigenvalue weighted by atomic mass is 16.4. The van der Waals surface area contributed by atoms with Gasteiger partial charge >= 0.3 is 5.97 Å². The van der Waals surface area contributed by atoms with Crippen LogP contribution in [-0.4, -0.2) is 81.2 Å². The Labute approximate surface area is 179 Å². The summed E-state index contributed by atoms with van der Waals surface area (Å²) in [7, 11) is 0. The van der Waals surface area contributed by atoms with Crippen LogP contribution in [0, 0.1) is 0 Å². The highest BCUT2D eigenvalue weighted by Gasteiger charge is 2.34. The maximum atomic E-state index is 12.4. The molecule has 4 unspecified atom stereocenters. The van der Waals surface area contributed by atoms with E-state index in [1.807, 2.05) is 0 Å². The fourth-order valence-corrected chi connectivity index (χ4v) is 3.34. The van der Waals surface area contributed by atoms with Gasteiger partial charge in [0.2, 0.25) is 17.7 Å². The summed E-state index contributed by atoms with van der Waals surface area (Å²) in [6.07, 6.45) is -0.217. The molecule has 1 aromatic rings. The number of phenols is 1. The van der Waals surface area contributed by atoms with E-state index < -0.39 is 54.5 Å². The number of nitrogens with two attached hydrogens (primary N) is 1. The van der Waals surface area contributed by atoms with E-state index in [9.17, 15) is 29.4 Å². The van der Waals surface area contributed by atoms with E-state index in [1.165, 1.54) is 24.0 Å². The fourth-order valence-electron chi connectivity index (χ4n) is 3.34. The highest BCUT2D eigenvalue weighted by molar-refractivity contribution is 5.93. The molecule has 0 saturated carbocycles. The molecule has 1 heterocycles. The molecule has 2 rings (SSSR count). The van der Waals surface area contributed by atoms with E-state index in [0.717, 1.165) is 0 Å². The summed E-state index contributed by atoms with van der Waals surface area (Å²) in [5.74, 6) is -3.05. The van der Waals surface area contributed by atoms with Crippen LogP contribution in [0.1, 0.15) is 25.3 Å². The smallest absolute Gasteiger partial charge is 0.326 e. The van der Waals surface area contributed by atoms with Crippen LogP contribution in [0.3, 0.4) is 0 Å². The number of phenolic OH excluding ortho intramolecular Hbond substituents is 1. The Morgan fingerprint density at radius 2 is 1.84 bits per heavy atom. The summed E-state index contributed by atoms with van der Waals surface area (Å²) < 4.78 is 0. The van der Waals surface area contributed by atoms with Crippen LogP contribution in [0.5, 0.6) is 5.75 Å². The third-order valence-corrected chi connectivity index (χ3v) is 5.06. The average molecular weight is 436 g/mol. The lowest BCUT2D eigenvalue weighted by atomic mass is 10.0. The normalized spacial score (nSPS) is 18.7. The van der Waals surface area contributed by atoms with E-state index in [4.69, 9.17) is 10.8 Å². The van der Waals surface area contributed by atoms with Gasteiger partial charge in [-0.1, -0.05) is 12.1 Å². The number of aliphatic hydroxyl groups is 1. The minimum atomic E-state index is -1.35. The van der Waals surface area contributed by atoms with Crippen molar-refractivity contribution in [2.24, 2.45) is 5.73 Å². The predicted octanol–water partition coefficient (Wildman–Crippen LogP) is -1.68. The number of nitrogens with one attached hydrogen (secondary N) is 2. The van der Waals surface area contributed by atoms with Gasteiger partial charge in [0, 0.05) is 6.54 Å². The first-order valence-corrected chi connectivity index (χ1v) is 9.92. The molecular formula is C20H28N4O7. The lowest BCUT2D eigenvalue weighted by Crippen LogP contribution is -2.57. The minimum Gasteiger partial charge on any atom is -0.508 e. The minimum absolute atomic E-state index is 0.0748. The third-order valence-electron chi connectivity index (χ3n) is 5.06. The number of aliphatic hydroxyl groups excluding tert-OH is 1. The molecule has 11 heteroatoms. The van der Waals surface area contributed by atoms with Gasteiger partial charge in [0.05, 0.1) is 18.7 Å². The van der Waals surface area contributed by atoms with Gasteiger partial charge < -0.3 is 36.6 Å². The van der Waals surface area contributed by atoms with Crippen molar-refractivity contribution < 1.29 is 34.5 Å².